The molecular formula is C24H17FO4. The number of hydrogen-bond donors (Lipinski definition) is 0. The molecule has 3 aromatic carbocycles. The summed E-state index contributed by atoms with van der Waals surface area (Å²) in [4.78, 5) is 24.9. The number of halogens is 1. The highest BCUT2D eigenvalue weighted by Gasteiger charge is 2.19. The minimum Gasteiger partial charge on any atom is -0.422 e. The molecule has 0 radical (unpaired) electrons. The van der Waals surface area contributed by atoms with Gasteiger partial charge in [0.1, 0.15) is 17.3 Å². The van der Waals surface area contributed by atoms with Crippen molar-refractivity contribution in [1.82, 2.24) is 0 Å². The van der Waals surface area contributed by atoms with Gasteiger partial charge in [-0.15, -0.1) is 0 Å². The smallest absolute Gasteiger partial charge is 0.346 e. The zero-order chi connectivity index (χ0) is 20.8. The van der Waals surface area contributed by atoms with E-state index in [1.54, 1.807) is 60.7 Å². The van der Waals surface area contributed by atoms with Crippen LogP contribution in [0.15, 0.2) is 103 Å². The summed E-state index contributed by atoms with van der Waals surface area (Å²) in [5.41, 5.74) is 0.0275. The lowest BCUT2D eigenvalue weighted by molar-refractivity contribution is -0.129. The lowest BCUT2D eigenvalue weighted by Crippen LogP contribution is -2.12. The number of fused-ring (bicyclic) bond motifs is 1. The largest absolute Gasteiger partial charge is 0.422 e. The van der Waals surface area contributed by atoms with Crippen LogP contribution in [-0.4, -0.2) is 11.9 Å². The second-order valence-electron chi connectivity index (χ2n) is 5.98. The highest BCUT2D eigenvalue weighted by atomic mass is 19.1. The fraction of sp³-hybridized carbons (Fsp3) is 0. The Hall–Kier alpha value is -3.99. The molecule has 0 saturated carbocycles. The summed E-state index contributed by atoms with van der Waals surface area (Å²) in [5, 5.41) is 1.09. The van der Waals surface area contributed by atoms with Gasteiger partial charge in [0.15, 0.2) is 0 Å². The molecule has 5 heteroatoms. The number of esters is 2. The Bertz CT molecular complexity index is 1120. The van der Waals surface area contributed by atoms with Crippen LogP contribution in [0.25, 0.3) is 10.8 Å². The van der Waals surface area contributed by atoms with Crippen LogP contribution in [-0.2, 0) is 4.79 Å². The third-order valence-electron chi connectivity index (χ3n) is 4.04. The molecule has 0 N–H and O–H groups in total. The monoisotopic (exact) mass is 388 g/mol. The van der Waals surface area contributed by atoms with Gasteiger partial charge in [0.25, 0.3) is 0 Å². The van der Waals surface area contributed by atoms with Crippen molar-refractivity contribution in [2.24, 2.45) is 0 Å². The third-order valence-corrected chi connectivity index (χ3v) is 4.04. The summed E-state index contributed by atoms with van der Waals surface area (Å²) in [7, 11) is 0. The van der Waals surface area contributed by atoms with Gasteiger partial charge in [0, 0.05) is 0 Å². The first-order valence-corrected chi connectivity index (χ1v) is 8.70. The van der Waals surface area contributed by atoms with Crippen LogP contribution in [0.2, 0.25) is 0 Å². The van der Waals surface area contributed by atoms with Gasteiger partial charge in [-0.05, 0) is 35.7 Å². The predicted octanol–water partition coefficient (Wildman–Crippen LogP) is 5.56. The zero-order valence-corrected chi connectivity index (χ0v) is 15.4. The average molecular weight is 388 g/mol. The molecule has 0 spiro atoms. The maximum absolute atomic E-state index is 13.6. The number of carbonyl (C=O) groups excluding carboxylic acids is 2. The maximum Gasteiger partial charge on any atom is 0.346 e. The van der Waals surface area contributed by atoms with Crippen molar-refractivity contribution in [1.29, 1.82) is 0 Å². The first-order chi connectivity index (χ1) is 14.0. The summed E-state index contributed by atoms with van der Waals surface area (Å²) >= 11 is 0. The van der Waals surface area contributed by atoms with E-state index >= 15 is 0 Å². The van der Waals surface area contributed by atoms with Crippen LogP contribution < -0.4 is 9.47 Å². The van der Waals surface area contributed by atoms with Crippen molar-refractivity contribution < 1.29 is 23.5 Å². The molecule has 0 aliphatic heterocycles. The maximum atomic E-state index is 13.6. The molecule has 0 aliphatic rings. The van der Waals surface area contributed by atoms with Crippen molar-refractivity contribution in [2.75, 3.05) is 0 Å². The van der Waals surface area contributed by atoms with Gasteiger partial charge < -0.3 is 9.47 Å². The standard InChI is InChI=1S/C24H17FO4/c1-3-9-19(16(2)25)24(27)29-21-15-8-13-17-12-7-14-20(22(17)21)28-23(26)18-10-5-4-6-11-18/h3-15H,1-2H2/b19-9+. The summed E-state index contributed by atoms with van der Waals surface area (Å²) in [6, 6.07) is 18.6. The van der Waals surface area contributed by atoms with Gasteiger partial charge >= 0.3 is 11.9 Å². The second kappa shape index (κ2) is 8.80. The number of ether oxygens (including phenoxy) is 2. The Morgan fingerprint density at radius 2 is 1.48 bits per heavy atom. The zero-order valence-electron chi connectivity index (χ0n) is 15.4. The lowest BCUT2D eigenvalue weighted by Gasteiger charge is -2.12. The molecule has 0 fully saturated rings. The Balaban J connectivity index is 2.00. The number of carbonyl (C=O) groups is 2. The molecule has 3 aromatic rings. The molecule has 0 aliphatic carbocycles. The van der Waals surface area contributed by atoms with Gasteiger partial charge in [-0.3, -0.25) is 0 Å². The Morgan fingerprint density at radius 3 is 2.07 bits per heavy atom. The number of benzene rings is 3. The van der Waals surface area contributed by atoms with E-state index in [1.807, 2.05) is 0 Å². The van der Waals surface area contributed by atoms with E-state index in [9.17, 15) is 14.0 Å². The third kappa shape index (κ3) is 4.47. The molecule has 0 bridgehead atoms. The van der Waals surface area contributed by atoms with E-state index in [0.717, 1.165) is 0 Å². The van der Waals surface area contributed by atoms with E-state index in [0.29, 0.717) is 16.3 Å². The fourth-order valence-electron chi connectivity index (χ4n) is 2.72. The van der Waals surface area contributed by atoms with E-state index in [2.05, 4.69) is 13.2 Å². The molecule has 4 nitrogen and oxygen atoms in total. The quantitative estimate of drug-likeness (QED) is 0.240. The van der Waals surface area contributed by atoms with Gasteiger partial charge in [0.05, 0.1) is 16.5 Å². The molecule has 0 atom stereocenters. The highest BCUT2D eigenvalue weighted by Crippen LogP contribution is 2.35. The van der Waals surface area contributed by atoms with Gasteiger partial charge in [-0.25, -0.2) is 14.0 Å². The van der Waals surface area contributed by atoms with E-state index < -0.39 is 17.8 Å². The van der Waals surface area contributed by atoms with Crippen LogP contribution in [0.5, 0.6) is 11.5 Å². The fourth-order valence-corrected chi connectivity index (χ4v) is 2.72. The van der Waals surface area contributed by atoms with Crippen LogP contribution >= 0.6 is 0 Å². The van der Waals surface area contributed by atoms with Gasteiger partial charge in [-0.2, -0.15) is 0 Å². The van der Waals surface area contributed by atoms with Crippen LogP contribution in [0.1, 0.15) is 10.4 Å². The van der Waals surface area contributed by atoms with Gasteiger partial charge in [-0.1, -0.05) is 61.7 Å². The van der Waals surface area contributed by atoms with Crippen molar-refractivity contribution in [3.63, 3.8) is 0 Å². The average Bonchev–Trinajstić information content (AvgIpc) is 2.72. The summed E-state index contributed by atoms with van der Waals surface area (Å²) in [5.74, 6) is -2.09. The Kier molecular flexibility index (Phi) is 6.00. The number of hydrogen-bond acceptors (Lipinski definition) is 4. The second-order valence-corrected chi connectivity index (χ2v) is 5.98. The highest BCUT2D eigenvalue weighted by molar-refractivity contribution is 6.01. The molecule has 144 valence electrons. The normalized spacial score (nSPS) is 11.0. The summed E-state index contributed by atoms with van der Waals surface area (Å²) in [6.07, 6.45) is 2.43. The summed E-state index contributed by atoms with van der Waals surface area (Å²) in [6.45, 7) is 6.59. The van der Waals surface area contributed by atoms with E-state index in [4.69, 9.17) is 9.47 Å². The van der Waals surface area contributed by atoms with Crippen LogP contribution in [0, 0.1) is 0 Å². The molecule has 3 rings (SSSR count). The van der Waals surface area contributed by atoms with Crippen LogP contribution in [0.4, 0.5) is 4.39 Å². The first-order valence-electron chi connectivity index (χ1n) is 8.70. The predicted molar refractivity (Wildman–Crippen MR) is 110 cm³/mol. The number of allylic oxidation sites excluding steroid dienone is 2. The Morgan fingerprint density at radius 1 is 0.862 bits per heavy atom. The number of rotatable bonds is 6. The van der Waals surface area contributed by atoms with Gasteiger partial charge in [0.2, 0.25) is 0 Å². The molecule has 0 heterocycles. The van der Waals surface area contributed by atoms with E-state index in [1.165, 1.54) is 18.2 Å². The molecule has 0 amide bonds. The Labute approximate surface area is 167 Å². The molecular weight excluding hydrogens is 371 g/mol. The SMILES string of the molecule is C=C/C=C(\C(=C)F)C(=O)Oc1cccc2cccc(OC(=O)c3ccccc3)c12. The van der Waals surface area contributed by atoms with Crippen molar-refractivity contribution in [2.45, 2.75) is 0 Å². The lowest BCUT2D eigenvalue weighted by atomic mass is 10.1. The molecule has 29 heavy (non-hydrogen) atoms. The molecule has 0 unspecified atom stereocenters. The van der Waals surface area contributed by atoms with E-state index in [-0.39, 0.29) is 17.1 Å². The molecule has 0 saturated heterocycles. The first kappa shape index (κ1) is 19.8. The topological polar surface area (TPSA) is 52.6 Å². The van der Waals surface area contributed by atoms with Crippen molar-refractivity contribution in [3.05, 3.63) is 109 Å². The molecule has 0 aromatic heterocycles. The minimum absolute atomic E-state index is 0.125. The summed E-state index contributed by atoms with van der Waals surface area (Å²) < 4.78 is 24.5. The van der Waals surface area contributed by atoms with Crippen molar-refractivity contribution in [3.8, 4) is 11.5 Å². The minimum atomic E-state index is -0.939. The van der Waals surface area contributed by atoms with Crippen LogP contribution in [0.3, 0.4) is 0 Å². The van der Waals surface area contributed by atoms with Crippen molar-refractivity contribution >= 4 is 22.7 Å².